The van der Waals surface area contributed by atoms with Gasteiger partial charge in [-0.25, -0.2) is 0 Å². The Balaban J connectivity index is 2.41. The molecule has 1 aromatic carbocycles. The van der Waals surface area contributed by atoms with Crippen molar-refractivity contribution in [3.63, 3.8) is 0 Å². The van der Waals surface area contributed by atoms with Gasteiger partial charge in [0.25, 0.3) is 5.69 Å². The van der Waals surface area contributed by atoms with Crippen molar-refractivity contribution in [1.82, 2.24) is 0 Å². The van der Waals surface area contributed by atoms with Crippen molar-refractivity contribution in [3.8, 4) is 0 Å². The molecule has 0 aliphatic carbocycles. The van der Waals surface area contributed by atoms with Gasteiger partial charge in [-0.3, -0.25) is 10.1 Å². The largest absolute Gasteiger partial charge is 0.418 e. The topological polar surface area (TPSA) is 66.6 Å². The first kappa shape index (κ1) is 15.6. The summed E-state index contributed by atoms with van der Waals surface area (Å²) in [5, 5.41) is 20.5. The highest BCUT2D eigenvalue weighted by Gasteiger charge is 2.37. The molecule has 2 rings (SSSR count). The molecule has 1 saturated heterocycles. The molecule has 21 heavy (non-hydrogen) atoms. The van der Waals surface area contributed by atoms with Gasteiger partial charge in [0.1, 0.15) is 0 Å². The summed E-state index contributed by atoms with van der Waals surface area (Å²) in [7, 11) is 0. The van der Waals surface area contributed by atoms with Crippen LogP contribution in [0.1, 0.15) is 18.9 Å². The van der Waals surface area contributed by atoms with E-state index in [1.165, 1.54) is 4.90 Å². The maximum Gasteiger partial charge on any atom is 0.418 e. The molecule has 1 N–H and O–H groups in total. The molecule has 0 bridgehead atoms. The number of nitro groups is 1. The number of rotatable bonds is 2. The van der Waals surface area contributed by atoms with Crippen LogP contribution in [0.4, 0.5) is 24.5 Å². The van der Waals surface area contributed by atoms with Gasteiger partial charge in [-0.15, -0.1) is 0 Å². The summed E-state index contributed by atoms with van der Waals surface area (Å²) >= 11 is 0. The van der Waals surface area contributed by atoms with Gasteiger partial charge in [-0.1, -0.05) is 6.92 Å². The number of nitrogens with zero attached hydrogens (tertiary/aromatic N) is 2. The monoisotopic (exact) mass is 304 g/mol. The summed E-state index contributed by atoms with van der Waals surface area (Å²) in [5.41, 5.74) is -1.77. The van der Waals surface area contributed by atoms with E-state index in [1.807, 2.05) is 6.92 Å². The van der Waals surface area contributed by atoms with E-state index in [1.54, 1.807) is 0 Å². The van der Waals surface area contributed by atoms with Gasteiger partial charge in [0, 0.05) is 30.9 Å². The Hall–Kier alpha value is -1.83. The molecular formula is C13H15F3N2O3. The van der Waals surface area contributed by atoms with Gasteiger partial charge in [-0.2, -0.15) is 13.2 Å². The Bertz CT molecular complexity index is 548. The molecule has 0 saturated carbocycles. The summed E-state index contributed by atoms with van der Waals surface area (Å²) in [4.78, 5) is 11.2. The number of aliphatic hydroxyl groups excluding tert-OH is 1. The maximum atomic E-state index is 13.1. The van der Waals surface area contributed by atoms with Gasteiger partial charge in [0.05, 0.1) is 16.6 Å². The molecule has 0 spiro atoms. The highest BCUT2D eigenvalue weighted by Crippen LogP contribution is 2.39. The number of β-amino-alcohol motifs (C(OH)–C–C–N with tert-alkyl or cyclic N) is 1. The third-order valence-electron chi connectivity index (χ3n) is 3.76. The van der Waals surface area contributed by atoms with E-state index in [0.29, 0.717) is 19.0 Å². The quantitative estimate of drug-likeness (QED) is 0.674. The fourth-order valence-corrected chi connectivity index (χ4v) is 2.41. The molecule has 5 nitrogen and oxygen atoms in total. The van der Waals surface area contributed by atoms with E-state index in [-0.39, 0.29) is 18.2 Å². The Kier molecular flexibility index (Phi) is 4.08. The molecule has 1 heterocycles. The van der Waals surface area contributed by atoms with E-state index in [0.717, 1.165) is 12.1 Å². The van der Waals surface area contributed by atoms with E-state index in [2.05, 4.69) is 0 Å². The molecule has 1 aromatic rings. The third-order valence-corrected chi connectivity index (χ3v) is 3.76. The lowest BCUT2D eigenvalue weighted by atomic mass is 9.95. The van der Waals surface area contributed by atoms with E-state index in [4.69, 9.17) is 0 Å². The molecule has 8 heteroatoms. The zero-order valence-electron chi connectivity index (χ0n) is 11.3. The molecule has 0 radical (unpaired) electrons. The standard InChI is InChI=1S/C13H15F3N2O3/c1-8-4-5-17(7-12(8)19)11-3-2-9(18(20)21)6-10(11)13(14,15)16/h2-3,6,8,12,19H,4-5,7H2,1H3. The minimum atomic E-state index is -4.69. The number of nitro benzene ring substituents is 1. The second-order valence-electron chi connectivity index (χ2n) is 5.24. The van der Waals surface area contributed by atoms with Crippen LogP contribution in [-0.4, -0.2) is 29.2 Å². The van der Waals surface area contributed by atoms with Gasteiger partial charge in [0.15, 0.2) is 0 Å². The van der Waals surface area contributed by atoms with E-state index in [9.17, 15) is 28.4 Å². The molecule has 1 aliphatic rings. The van der Waals surface area contributed by atoms with Gasteiger partial charge in [-0.05, 0) is 18.4 Å². The molecule has 2 unspecified atom stereocenters. The molecule has 116 valence electrons. The van der Waals surface area contributed by atoms with Crippen molar-refractivity contribution >= 4 is 11.4 Å². The number of hydrogen-bond donors (Lipinski definition) is 1. The normalized spacial score (nSPS) is 23.2. The van der Waals surface area contributed by atoms with Crippen LogP contribution in [0.5, 0.6) is 0 Å². The van der Waals surface area contributed by atoms with Crippen molar-refractivity contribution < 1.29 is 23.2 Å². The van der Waals surface area contributed by atoms with Gasteiger partial charge >= 0.3 is 6.18 Å². The Morgan fingerprint density at radius 2 is 2.10 bits per heavy atom. The van der Waals surface area contributed by atoms with Gasteiger partial charge in [0.2, 0.25) is 0 Å². The second kappa shape index (κ2) is 5.51. The number of piperidine rings is 1. The molecule has 0 amide bonds. The van der Waals surface area contributed by atoms with Crippen LogP contribution in [-0.2, 0) is 6.18 Å². The highest BCUT2D eigenvalue weighted by atomic mass is 19.4. The van der Waals surface area contributed by atoms with Crippen LogP contribution in [0.25, 0.3) is 0 Å². The number of anilines is 1. The summed E-state index contributed by atoms with van der Waals surface area (Å²) in [6.07, 6.45) is -4.83. The Labute approximate surface area is 119 Å². The van der Waals surface area contributed by atoms with Crippen LogP contribution >= 0.6 is 0 Å². The number of non-ortho nitro benzene ring substituents is 1. The summed E-state index contributed by atoms with van der Waals surface area (Å²) in [6, 6.07) is 2.69. The van der Waals surface area contributed by atoms with Crippen LogP contribution < -0.4 is 4.90 Å². The predicted octanol–water partition coefficient (Wildman–Crippen LogP) is 2.82. The lowest BCUT2D eigenvalue weighted by Gasteiger charge is -2.36. The molecular weight excluding hydrogens is 289 g/mol. The summed E-state index contributed by atoms with van der Waals surface area (Å²) < 4.78 is 39.3. The van der Waals surface area contributed by atoms with Crippen molar-refractivity contribution in [2.24, 2.45) is 5.92 Å². The number of benzene rings is 1. The summed E-state index contributed by atoms with van der Waals surface area (Å²) in [6.45, 7) is 2.30. The average molecular weight is 304 g/mol. The molecule has 0 aromatic heterocycles. The first-order valence-electron chi connectivity index (χ1n) is 6.49. The average Bonchev–Trinajstić information content (AvgIpc) is 2.40. The van der Waals surface area contributed by atoms with Crippen LogP contribution in [0.3, 0.4) is 0 Å². The zero-order valence-corrected chi connectivity index (χ0v) is 11.3. The lowest BCUT2D eigenvalue weighted by Crippen LogP contribution is -2.43. The van der Waals surface area contributed by atoms with Crippen LogP contribution in [0.2, 0.25) is 0 Å². The molecule has 2 atom stereocenters. The SMILES string of the molecule is CC1CCN(c2ccc([N+](=O)[O-])cc2C(F)(F)F)CC1O. The van der Waals surface area contributed by atoms with Crippen molar-refractivity contribution in [3.05, 3.63) is 33.9 Å². The first-order chi connectivity index (χ1) is 9.70. The fraction of sp³-hybridized carbons (Fsp3) is 0.538. The van der Waals surface area contributed by atoms with Crippen molar-refractivity contribution in [1.29, 1.82) is 0 Å². The first-order valence-corrected chi connectivity index (χ1v) is 6.49. The number of halogens is 3. The molecule has 1 fully saturated rings. The highest BCUT2D eigenvalue weighted by molar-refractivity contribution is 5.59. The lowest BCUT2D eigenvalue weighted by molar-refractivity contribution is -0.385. The third kappa shape index (κ3) is 3.26. The second-order valence-corrected chi connectivity index (χ2v) is 5.24. The van der Waals surface area contributed by atoms with E-state index < -0.39 is 28.5 Å². The van der Waals surface area contributed by atoms with Gasteiger partial charge < -0.3 is 10.0 Å². The molecule has 1 aliphatic heterocycles. The van der Waals surface area contributed by atoms with Crippen molar-refractivity contribution in [2.45, 2.75) is 25.6 Å². The fourth-order valence-electron chi connectivity index (χ4n) is 2.41. The number of hydrogen-bond acceptors (Lipinski definition) is 4. The van der Waals surface area contributed by atoms with Crippen LogP contribution in [0.15, 0.2) is 18.2 Å². The van der Waals surface area contributed by atoms with Crippen molar-refractivity contribution in [2.75, 3.05) is 18.0 Å². The minimum Gasteiger partial charge on any atom is -0.391 e. The number of alkyl halides is 3. The Morgan fingerprint density at radius 3 is 2.62 bits per heavy atom. The smallest absolute Gasteiger partial charge is 0.391 e. The van der Waals surface area contributed by atoms with Crippen LogP contribution in [0, 0.1) is 16.0 Å². The zero-order chi connectivity index (χ0) is 15.8. The summed E-state index contributed by atoms with van der Waals surface area (Å²) in [5.74, 6) is 0.0219. The van der Waals surface area contributed by atoms with E-state index >= 15 is 0 Å². The maximum absolute atomic E-state index is 13.1. The minimum absolute atomic E-state index is 0.0219. The number of aliphatic hydroxyl groups is 1. The Morgan fingerprint density at radius 1 is 1.43 bits per heavy atom. The predicted molar refractivity (Wildman–Crippen MR) is 70.1 cm³/mol.